The van der Waals surface area contributed by atoms with Crippen molar-refractivity contribution in [2.75, 3.05) is 11.9 Å². The van der Waals surface area contributed by atoms with Crippen LogP contribution in [0, 0.1) is 0 Å². The molecule has 0 saturated heterocycles. The van der Waals surface area contributed by atoms with Crippen LogP contribution >= 0.6 is 0 Å². The summed E-state index contributed by atoms with van der Waals surface area (Å²) in [6.45, 7) is 1.06. The van der Waals surface area contributed by atoms with Crippen molar-refractivity contribution in [3.8, 4) is 16.9 Å². The quantitative estimate of drug-likeness (QED) is 0.793. The van der Waals surface area contributed by atoms with Gasteiger partial charge in [-0.15, -0.1) is 0 Å². The Hall–Kier alpha value is -1.96. The molecule has 0 amide bonds. The lowest BCUT2D eigenvalue weighted by molar-refractivity contribution is 0.475. The van der Waals surface area contributed by atoms with Crippen LogP contribution < -0.4 is 5.32 Å². The molecule has 0 radical (unpaired) electrons. The average Bonchev–Trinajstić information content (AvgIpc) is 2.64. The fourth-order valence-corrected chi connectivity index (χ4v) is 2.46. The summed E-state index contributed by atoms with van der Waals surface area (Å²) in [7, 11) is 0. The van der Waals surface area contributed by atoms with Crippen LogP contribution in [0.2, 0.25) is 0 Å². The highest BCUT2D eigenvalue weighted by Crippen LogP contribution is 2.29. The van der Waals surface area contributed by atoms with E-state index in [4.69, 9.17) is 0 Å². The molecule has 2 nitrogen and oxygen atoms in total. The lowest BCUT2D eigenvalue weighted by Gasteiger charge is -2.10. The van der Waals surface area contributed by atoms with Gasteiger partial charge >= 0.3 is 0 Å². The van der Waals surface area contributed by atoms with Gasteiger partial charge in [-0.1, -0.05) is 24.3 Å². The number of phenolic OH excluding ortho intramolecular Hbond substituents is 1. The SMILES string of the molecule is Oc1ccc(-c2ccc3c(c2)NCCCC3)cc1. The first-order chi connectivity index (χ1) is 8.83. The zero-order chi connectivity index (χ0) is 12.4. The number of phenols is 1. The number of hydrogen-bond donors (Lipinski definition) is 2. The fraction of sp³-hybridized carbons (Fsp3) is 0.250. The molecule has 0 unspecified atom stereocenters. The molecule has 0 fully saturated rings. The summed E-state index contributed by atoms with van der Waals surface area (Å²) >= 11 is 0. The Morgan fingerprint density at radius 2 is 1.67 bits per heavy atom. The van der Waals surface area contributed by atoms with Gasteiger partial charge in [-0.05, 0) is 54.2 Å². The van der Waals surface area contributed by atoms with E-state index in [1.165, 1.54) is 29.7 Å². The number of rotatable bonds is 1. The number of aromatic hydroxyl groups is 1. The molecule has 0 aliphatic carbocycles. The third-order valence-corrected chi connectivity index (χ3v) is 3.50. The molecule has 1 aliphatic rings. The van der Waals surface area contributed by atoms with Crippen molar-refractivity contribution >= 4 is 5.69 Å². The van der Waals surface area contributed by atoms with Crippen molar-refractivity contribution in [1.82, 2.24) is 0 Å². The number of nitrogens with one attached hydrogen (secondary N) is 1. The van der Waals surface area contributed by atoms with Crippen molar-refractivity contribution < 1.29 is 5.11 Å². The van der Waals surface area contributed by atoms with Crippen LogP contribution in [-0.2, 0) is 6.42 Å². The molecule has 2 heteroatoms. The summed E-state index contributed by atoms with van der Waals surface area (Å²) in [6.07, 6.45) is 3.67. The minimum Gasteiger partial charge on any atom is -0.508 e. The molecule has 3 rings (SSSR count). The largest absolute Gasteiger partial charge is 0.508 e. The van der Waals surface area contributed by atoms with Gasteiger partial charge in [0.1, 0.15) is 5.75 Å². The highest BCUT2D eigenvalue weighted by molar-refractivity contribution is 5.70. The van der Waals surface area contributed by atoms with E-state index in [2.05, 4.69) is 23.5 Å². The highest BCUT2D eigenvalue weighted by atomic mass is 16.3. The first-order valence-corrected chi connectivity index (χ1v) is 6.49. The van der Waals surface area contributed by atoms with E-state index in [-0.39, 0.29) is 0 Å². The summed E-state index contributed by atoms with van der Waals surface area (Å²) in [5.74, 6) is 0.312. The molecule has 2 N–H and O–H groups in total. The standard InChI is InChI=1S/C16H17NO/c18-15-8-6-12(7-9-15)14-5-4-13-3-1-2-10-17-16(13)11-14/h4-9,11,17-18H,1-3,10H2. The maximum absolute atomic E-state index is 9.32. The zero-order valence-corrected chi connectivity index (χ0v) is 10.3. The molecule has 1 aliphatic heterocycles. The summed E-state index contributed by atoms with van der Waals surface area (Å²) in [5.41, 5.74) is 5.01. The van der Waals surface area contributed by atoms with Gasteiger partial charge in [0.2, 0.25) is 0 Å². The Kier molecular flexibility index (Phi) is 2.93. The van der Waals surface area contributed by atoms with Gasteiger partial charge in [-0.25, -0.2) is 0 Å². The first-order valence-electron chi connectivity index (χ1n) is 6.49. The Morgan fingerprint density at radius 1 is 0.889 bits per heavy atom. The smallest absolute Gasteiger partial charge is 0.115 e. The van der Waals surface area contributed by atoms with Gasteiger partial charge < -0.3 is 10.4 Å². The second-order valence-corrected chi connectivity index (χ2v) is 4.80. The number of benzene rings is 2. The lowest BCUT2D eigenvalue weighted by atomic mass is 10.0. The molecule has 0 spiro atoms. The van der Waals surface area contributed by atoms with Crippen LogP contribution in [0.5, 0.6) is 5.75 Å². The molecule has 0 saturated carbocycles. The van der Waals surface area contributed by atoms with E-state index in [0.29, 0.717) is 5.75 Å². The molecule has 92 valence electrons. The van der Waals surface area contributed by atoms with Crippen molar-refractivity contribution in [3.63, 3.8) is 0 Å². The van der Waals surface area contributed by atoms with Crippen molar-refractivity contribution in [1.29, 1.82) is 0 Å². The minimum atomic E-state index is 0.312. The number of anilines is 1. The summed E-state index contributed by atoms with van der Waals surface area (Å²) < 4.78 is 0. The predicted molar refractivity (Wildman–Crippen MR) is 75.0 cm³/mol. The van der Waals surface area contributed by atoms with E-state index in [1.54, 1.807) is 12.1 Å². The second-order valence-electron chi connectivity index (χ2n) is 4.80. The Bertz CT molecular complexity index is 546. The predicted octanol–water partition coefficient (Wildman–Crippen LogP) is 3.81. The van der Waals surface area contributed by atoms with Crippen molar-refractivity contribution in [3.05, 3.63) is 48.0 Å². The molecular weight excluding hydrogens is 222 g/mol. The Balaban J connectivity index is 1.98. The van der Waals surface area contributed by atoms with Crippen LogP contribution in [0.1, 0.15) is 18.4 Å². The van der Waals surface area contributed by atoms with E-state index in [9.17, 15) is 5.11 Å². The maximum atomic E-state index is 9.32. The van der Waals surface area contributed by atoms with Gasteiger partial charge in [0, 0.05) is 12.2 Å². The zero-order valence-electron chi connectivity index (χ0n) is 10.3. The van der Waals surface area contributed by atoms with E-state index in [1.807, 2.05) is 12.1 Å². The molecule has 0 aromatic heterocycles. The highest BCUT2D eigenvalue weighted by Gasteiger charge is 2.08. The van der Waals surface area contributed by atoms with Gasteiger partial charge in [0.15, 0.2) is 0 Å². The summed E-state index contributed by atoms with van der Waals surface area (Å²) in [5, 5.41) is 12.8. The minimum absolute atomic E-state index is 0.312. The number of aryl methyl sites for hydroxylation is 1. The Morgan fingerprint density at radius 3 is 2.50 bits per heavy atom. The van der Waals surface area contributed by atoms with Crippen LogP contribution in [0.4, 0.5) is 5.69 Å². The van der Waals surface area contributed by atoms with Gasteiger partial charge in [0.05, 0.1) is 0 Å². The van der Waals surface area contributed by atoms with Gasteiger partial charge in [0.25, 0.3) is 0 Å². The van der Waals surface area contributed by atoms with E-state index in [0.717, 1.165) is 18.5 Å². The number of hydrogen-bond acceptors (Lipinski definition) is 2. The van der Waals surface area contributed by atoms with Crippen molar-refractivity contribution in [2.45, 2.75) is 19.3 Å². The van der Waals surface area contributed by atoms with Gasteiger partial charge in [-0.3, -0.25) is 0 Å². The van der Waals surface area contributed by atoms with E-state index < -0.39 is 0 Å². The van der Waals surface area contributed by atoms with Crippen LogP contribution in [0.15, 0.2) is 42.5 Å². The fourth-order valence-electron chi connectivity index (χ4n) is 2.46. The van der Waals surface area contributed by atoms with E-state index >= 15 is 0 Å². The van der Waals surface area contributed by atoms with Crippen LogP contribution in [0.25, 0.3) is 11.1 Å². The average molecular weight is 239 g/mol. The van der Waals surface area contributed by atoms with Crippen LogP contribution in [0.3, 0.4) is 0 Å². The van der Waals surface area contributed by atoms with Gasteiger partial charge in [-0.2, -0.15) is 0 Å². The molecular formula is C16H17NO. The maximum Gasteiger partial charge on any atom is 0.115 e. The third kappa shape index (κ3) is 2.19. The normalized spacial score (nSPS) is 14.4. The summed E-state index contributed by atoms with van der Waals surface area (Å²) in [4.78, 5) is 0. The molecule has 0 atom stereocenters. The molecule has 18 heavy (non-hydrogen) atoms. The lowest BCUT2D eigenvalue weighted by Crippen LogP contribution is -1.99. The molecule has 2 aromatic carbocycles. The topological polar surface area (TPSA) is 32.3 Å². The molecule has 0 bridgehead atoms. The Labute approximate surface area is 107 Å². The summed E-state index contributed by atoms with van der Waals surface area (Å²) in [6, 6.07) is 14.0. The van der Waals surface area contributed by atoms with Crippen LogP contribution in [-0.4, -0.2) is 11.7 Å². The van der Waals surface area contributed by atoms with Crippen molar-refractivity contribution in [2.24, 2.45) is 0 Å². The molecule has 2 aromatic rings. The third-order valence-electron chi connectivity index (χ3n) is 3.50. The molecule has 1 heterocycles. The first kappa shape index (κ1) is 11.1. The second kappa shape index (κ2) is 4.73. The monoisotopic (exact) mass is 239 g/mol. The number of fused-ring (bicyclic) bond motifs is 1.